The second kappa shape index (κ2) is 6.95. The molecular weight excluding hydrogens is 374 g/mol. The van der Waals surface area contributed by atoms with Gasteiger partial charge in [-0.3, -0.25) is 9.36 Å². The summed E-state index contributed by atoms with van der Waals surface area (Å²) in [7, 11) is 0. The number of aromatic nitrogens is 2. The summed E-state index contributed by atoms with van der Waals surface area (Å²) in [4.78, 5) is 17.7. The highest BCUT2D eigenvalue weighted by Gasteiger charge is 2.18. The summed E-state index contributed by atoms with van der Waals surface area (Å²) in [5.41, 5.74) is 4.58. The van der Waals surface area contributed by atoms with Crippen LogP contribution in [-0.4, -0.2) is 15.8 Å². The molecule has 0 amide bonds. The molecular formula is C21H15N3OS2. The normalized spacial score (nSPS) is 10.7. The monoisotopic (exact) mass is 389 g/mol. The summed E-state index contributed by atoms with van der Waals surface area (Å²) in [5, 5.41) is 12.2. The first-order valence-corrected chi connectivity index (χ1v) is 10.0. The molecule has 132 valence electrons. The summed E-state index contributed by atoms with van der Waals surface area (Å²) in [6.07, 6.45) is 4.64. The second-order valence-corrected chi connectivity index (χ2v) is 8.10. The molecule has 0 aliphatic rings. The molecule has 0 atom stereocenters. The van der Waals surface area contributed by atoms with Crippen molar-refractivity contribution in [3.8, 4) is 32.6 Å². The predicted octanol–water partition coefficient (Wildman–Crippen LogP) is 5.63. The number of rotatable bonds is 4. The number of benzene rings is 1. The third kappa shape index (κ3) is 3.01. The lowest BCUT2D eigenvalue weighted by molar-refractivity contribution is 0.112. The second-order valence-electron chi connectivity index (χ2n) is 6.13. The first-order chi connectivity index (χ1) is 13.1. The summed E-state index contributed by atoms with van der Waals surface area (Å²) in [5.74, 6) is 0.936. The van der Waals surface area contributed by atoms with Crippen LogP contribution in [-0.2, 0) is 0 Å². The molecule has 0 aliphatic heterocycles. The summed E-state index contributed by atoms with van der Waals surface area (Å²) in [6, 6.07) is 11.9. The van der Waals surface area contributed by atoms with E-state index >= 15 is 0 Å². The van der Waals surface area contributed by atoms with E-state index in [2.05, 4.69) is 23.2 Å². The van der Waals surface area contributed by atoms with Crippen LogP contribution >= 0.6 is 22.7 Å². The van der Waals surface area contributed by atoms with Crippen LogP contribution in [0, 0.1) is 25.2 Å². The Balaban J connectivity index is 1.86. The number of aldehydes is 1. The Morgan fingerprint density at radius 1 is 1.19 bits per heavy atom. The van der Waals surface area contributed by atoms with E-state index in [4.69, 9.17) is 5.26 Å². The molecule has 4 nitrogen and oxygen atoms in total. The minimum absolute atomic E-state index is 0.620. The van der Waals surface area contributed by atoms with Crippen molar-refractivity contribution in [1.29, 1.82) is 5.26 Å². The fourth-order valence-corrected chi connectivity index (χ4v) is 5.16. The molecule has 0 radical (unpaired) electrons. The van der Waals surface area contributed by atoms with Crippen molar-refractivity contribution in [2.75, 3.05) is 0 Å². The van der Waals surface area contributed by atoms with Gasteiger partial charge in [0.05, 0.1) is 16.5 Å². The molecule has 0 unspecified atom stereocenters. The summed E-state index contributed by atoms with van der Waals surface area (Å²) in [6.45, 7) is 3.95. The Kier molecular flexibility index (Phi) is 4.48. The smallest absolute Gasteiger partial charge is 0.160 e. The van der Waals surface area contributed by atoms with Gasteiger partial charge in [0.15, 0.2) is 6.29 Å². The number of thiophene rings is 2. The van der Waals surface area contributed by atoms with Crippen molar-refractivity contribution in [3.05, 3.63) is 69.9 Å². The van der Waals surface area contributed by atoms with Gasteiger partial charge in [-0.15, -0.1) is 22.7 Å². The van der Waals surface area contributed by atoms with Gasteiger partial charge >= 0.3 is 0 Å². The van der Waals surface area contributed by atoms with Gasteiger partial charge in [0.1, 0.15) is 10.8 Å². The lowest BCUT2D eigenvalue weighted by Gasteiger charge is -2.09. The number of aryl methyl sites for hydroxylation is 2. The van der Waals surface area contributed by atoms with Crippen LogP contribution in [0.25, 0.3) is 26.6 Å². The highest BCUT2D eigenvalue weighted by molar-refractivity contribution is 7.18. The fraction of sp³-hybridized carbons (Fsp3) is 0.0952. The van der Waals surface area contributed by atoms with E-state index in [1.807, 2.05) is 42.1 Å². The lowest BCUT2D eigenvalue weighted by Crippen LogP contribution is -1.91. The van der Waals surface area contributed by atoms with Gasteiger partial charge in [-0.25, -0.2) is 4.98 Å². The number of nitrogens with zero attached hydrogens (tertiary/aromatic N) is 3. The minimum atomic E-state index is 0.620. The first-order valence-electron chi connectivity index (χ1n) is 8.30. The molecule has 0 bridgehead atoms. The van der Waals surface area contributed by atoms with Crippen LogP contribution in [0.1, 0.15) is 26.6 Å². The maximum atomic E-state index is 11.7. The molecule has 0 saturated heterocycles. The summed E-state index contributed by atoms with van der Waals surface area (Å²) >= 11 is 3.11. The van der Waals surface area contributed by atoms with Gasteiger partial charge in [-0.05, 0) is 49.2 Å². The van der Waals surface area contributed by atoms with Crippen molar-refractivity contribution < 1.29 is 4.79 Å². The van der Waals surface area contributed by atoms with Crippen LogP contribution in [0.2, 0.25) is 0 Å². The molecule has 3 heterocycles. The Bertz CT molecular complexity index is 1190. The molecule has 0 spiro atoms. The number of hydrogen-bond acceptors (Lipinski definition) is 5. The Morgan fingerprint density at radius 3 is 2.70 bits per heavy atom. The van der Waals surface area contributed by atoms with Gasteiger partial charge in [0.25, 0.3) is 0 Å². The topological polar surface area (TPSA) is 58.7 Å². The molecule has 4 rings (SSSR count). The van der Waals surface area contributed by atoms with Crippen molar-refractivity contribution in [2.45, 2.75) is 13.8 Å². The van der Waals surface area contributed by atoms with E-state index in [0.29, 0.717) is 10.4 Å². The Hall–Kier alpha value is -3.01. The molecule has 3 aromatic heterocycles. The van der Waals surface area contributed by atoms with E-state index in [0.717, 1.165) is 44.2 Å². The van der Waals surface area contributed by atoms with Gasteiger partial charge in [-0.1, -0.05) is 6.07 Å². The number of carbonyl (C=O) groups excluding carboxylic acids is 1. The molecule has 4 aromatic rings. The van der Waals surface area contributed by atoms with Gasteiger partial charge in [0.2, 0.25) is 0 Å². The van der Waals surface area contributed by atoms with Crippen molar-refractivity contribution >= 4 is 29.0 Å². The van der Waals surface area contributed by atoms with E-state index in [1.165, 1.54) is 11.3 Å². The molecule has 0 N–H and O–H groups in total. The zero-order valence-corrected chi connectivity index (χ0v) is 16.4. The zero-order valence-electron chi connectivity index (χ0n) is 14.8. The Morgan fingerprint density at radius 2 is 2.04 bits per heavy atom. The standard InChI is InChI=1S/C21H15N3OS2/c1-13-9-15(10-22)3-4-16(13)21-17(12-26-19(21)11-25)18-5-6-20(27-18)24-8-7-23-14(24)2/h3-9,11-12H,1-2H3. The van der Waals surface area contributed by atoms with Crippen molar-refractivity contribution in [2.24, 2.45) is 0 Å². The average molecular weight is 390 g/mol. The number of imidazole rings is 1. The van der Waals surface area contributed by atoms with Crippen LogP contribution in [0.3, 0.4) is 0 Å². The zero-order chi connectivity index (χ0) is 19.0. The van der Waals surface area contributed by atoms with Crippen LogP contribution < -0.4 is 0 Å². The largest absolute Gasteiger partial charge is 0.297 e. The number of carbonyl (C=O) groups is 1. The van der Waals surface area contributed by atoms with E-state index in [9.17, 15) is 4.79 Å². The fourth-order valence-electron chi connectivity index (χ4n) is 3.15. The van der Waals surface area contributed by atoms with E-state index < -0.39 is 0 Å². The minimum Gasteiger partial charge on any atom is -0.297 e. The molecule has 1 aromatic carbocycles. The molecule has 0 saturated carbocycles. The third-order valence-electron chi connectivity index (χ3n) is 4.47. The van der Waals surface area contributed by atoms with Gasteiger partial charge < -0.3 is 0 Å². The maximum Gasteiger partial charge on any atom is 0.160 e. The van der Waals surface area contributed by atoms with Gasteiger partial charge in [0, 0.05) is 33.8 Å². The van der Waals surface area contributed by atoms with E-state index in [-0.39, 0.29) is 0 Å². The molecule has 6 heteroatoms. The highest BCUT2D eigenvalue weighted by atomic mass is 32.1. The number of hydrogen-bond donors (Lipinski definition) is 0. The van der Waals surface area contributed by atoms with E-state index in [1.54, 1.807) is 23.6 Å². The van der Waals surface area contributed by atoms with Gasteiger partial charge in [-0.2, -0.15) is 5.26 Å². The SMILES string of the molecule is Cc1cc(C#N)ccc1-c1c(-c2ccc(-n3ccnc3C)s2)csc1C=O. The Labute approximate surface area is 165 Å². The lowest BCUT2D eigenvalue weighted by atomic mass is 9.95. The third-order valence-corrected chi connectivity index (χ3v) is 6.50. The molecule has 27 heavy (non-hydrogen) atoms. The molecule has 0 aliphatic carbocycles. The molecule has 0 fully saturated rings. The van der Waals surface area contributed by atoms with Crippen molar-refractivity contribution in [3.63, 3.8) is 0 Å². The number of nitriles is 1. The average Bonchev–Trinajstić information content (AvgIpc) is 3.39. The quantitative estimate of drug-likeness (QED) is 0.425. The predicted molar refractivity (Wildman–Crippen MR) is 110 cm³/mol. The summed E-state index contributed by atoms with van der Waals surface area (Å²) < 4.78 is 2.05. The van der Waals surface area contributed by atoms with Crippen molar-refractivity contribution in [1.82, 2.24) is 9.55 Å². The first kappa shape index (κ1) is 17.4. The van der Waals surface area contributed by atoms with Crippen LogP contribution in [0.15, 0.2) is 48.1 Å². The maximum absolute atomic E-state index is 11.7. The highest BCUT2D eigenvalue weighted by Crippen LogP contribution is 2.43. The van der Waals surface area contributed by atoms with Crippen LogP contribution in [0.4, 0.5) is 0 Å². The van der Waals surface area contributed by atoms with Crippen LogP contribution in [0.5, 0.6) is 0 Å².